The van der Waals surface area contributed by atoms with Crippen LogP contribution in [0.5, 0.6) is 0 Å². The van der Waals surface area contributed by atoms with Gasteiger partial charge in [-0.15, -0.1) is 0 Å². The molecule has 1 aliphatic rings. The van der Waals surface area contributed by atoms with E-state index < -0.39 is 0 Å². The van der Waals surface area contributed by atoms with Gasteiger partial charge in [0.2, 0.25) is 0 Å². The molecule has 0 saturated heterocycles. The zero-order chi connectivity index (χ0) is 11.9. The van der Waals surface area contributed by atoms with Gasteiger partial charge in [-0.3, -0.25) is 0 Å². The molecule has 1 aromatic carbocycles. The Kier molecular flexibility index (Phi) is 4.33. The van der Waals surface area contributed by atoms with Gasteiger partial charge in [-0.2, -0.15) is 0 Å². The number of anilines is 1. The lowest BCUT2D eigenvalue weighted by molar-refractivity contribution is 0.343. The largest absolute Gasteiger partial charge is 0.470 e. The number of hydrogen-bond donors (Lipinski definition) is 1. The van der Waals surface area contributed by atoms with Crippen LogP contribution in [-0.2, 0) is 4.74 Å². The first kappa shape index (κ1) is 11.9. The van der Waals surface area contributed by atoms with Crippen LogP contribution >= 0.6 is 11.6 Å². The average molecular weight is 250 g/mol. The van der Waals surface area contributed by atoms with Crippen LogP contribution in [0.2, 0.25) is 5.02 Å². The molecule has 0 unspecified atom stereocenters. The third-order valence-corrected chi connectivity index (χ3v) is 2.70. The first-order valence-electron chi connectivity index (χ1n) is 5.50. The quantitative estimate of drug-likeness (QED) is 0.811. The molecule has 2 rings (SSSR count). The molecule has 0 aliphatic carbocycles. The zero-order valence-electron chi connectivity index (χ0n) is 9.40. The Labute approximate surface area is 106 Å². The van der Waals surface area contributed by atoms with Gasteiger partial charge in [0.25, 0.3) is 0 Å². The number of nitrogens with one attached hydrogen (secondary N) is 1. The van der Waals surface area contributed by atoms with Crippen molar-refractivity contribution in [3.05, 3.63) is 54.2 Å². The Morgan fingerprint density at radius 3 is 2.94 bits per heavy atom. The van der Waals surface area contributed by atoms with Crippen molar-refractivity contribution in [2.45, 2.75) is 6.42 Å². The smallest absolute Gasteiger partial charge is 0.106 e. The zero-order valence-corrected chi connectivity index (χ0v) is 10.2. The van der Waals surface area contributed by atoms with E-state index in [-0.39, 0.29) is 0 Å². The Hall–Kier alpha value is -1.61. The third kappa shape index (κ3) is 3.71. The van der Waals surface area contributed by atoms with E-state index in [1.165, 1.54) is 0 Å². The van der Waals surface area contributed by atoms with Crippen molar-refractivity contribution >= 4 is 17.3 Å². The van der Waals surface area contributed by atoms with Crippen LogP contribution in [0.3, 0.4) is 0 Å². The molecule has 1 heterocycles. The Morgan fingerprint density at radius 1 is 1.35 bits per heavy atom. The summed E-state index contributed by atoms with van der Waals surface area (Å²) in [7, 11) is 0. The second-order valence-corrected chi connectivity index (χ2v) is 4.04. The lowest BCUT2D eigenvalue weighted by Crippen LogP contribution is -2.16. The average Bonchev–Trinajstić information content (AvgIpc) is 2.38. The van der Waals surface area contributed by atoms with Gasteiger partial charge in [0, 0.05) is 25.5 Å². The summed E-state index contributed by atoms with van der Waals surface area (Å²) in [5.74, 6) is 0. The molecule has 4 heteroatoms. The van der Waals surface area contributed by atoms with Crippen LogP contribution in [0.25, 0.3) is 0 Å². The van der Waals surface area contributed by atoms with E-state index in [0.29, 0.717) is 5.02 Å². The summed E-state index contributed by atoms with van der Waals surface area (Å²) in [6.45, 7) is 1.82. The van der Waals surface area contributed by atoms with E-state index in [0.717, 1.165) is 25.2 Å². The first-order valence-corrected chi connectivity index (χ1v) is 5.88. The molecule has 0 saturated carbocycles. The maximum absolute atomic E-state index is 6.01. The standard InChI is InChI=1S/C13H14ClN2O/c14-12-4-1-2-5-13(12)15-6-3-7-16-8-10-17-11-9-16/h2,4-5,8-11,15H,3,6-7H2. The van der Waals surface area contributed by atoms with Crippen LogP contribution < -0.4 is 5.32 Å². The second-order valence-electron chi connectivity index (χ2n) is 3.63. The fourth-order valence-electron chi connectivity index (χ4n) is 1.51. The number of nitrogens with zero attached hydrogens (tertiary/aromatic N) is 1. The number of rotatable bonds is 5. The van der Waals surface area contributed by atoms with Crippen molar-refractivity contribution in [3.63, 3.8) is 0 Å². The minimum absolute atomic E-state index is 0.707. The van der Waals surface area contributed by atoms with Gasteiger partial charge < -0.3 is 15.0 Å². The van der Waals surface area contributed by atoms with E-state index >= 15 is 0 Å². The topological polar surface area (TPSA) is 24.5 Å². The number of halogens is 1. The summed E-state index contributed by atoms with van der Waals surface area (Å²) in [5, 5.41) is 4.00. The van der Waals surface area contributed by atoms with Gasteiger partial charge >= 0.3 is 0 Å². The maximum atomic E-state index is 6.01. The molecule has 89 valence electrons. The molecule has 1 radical (unpaired) electrons. The third-order valence-electron chi connectivity index (χ3n) is 2.38. The molecule has 3 nitrogen and oxygen atoms in total. The Bertz CT molecular complexity index is 406. The van der Waals surface area contributed by atoms with Crippen molar-refractivity contribution in [1.29, 1.82) is 0 Å². The highest BCUT2D eigenvalue weighted by Gasteiger charge is 2.00. The number of benzene rings is 1. The van der Waals surface area contributed by atoms with Crippen molar-refractivity contribution in [2.75, 3.05) is 18.4 Å². The monoisotopic (exact) mass is 249 g/mol. The summed E-state index contributed by atoms with van der Waals surface area (Å²) < 4.78 is 4.95. The molecule has 1 aromatic rings. The molecule has 0 fully saturated rings. The second kappa shape index (κ2) is 6.21. The fraction of sp³-hybridized carbons (Fsp3) is 0.231. The minimum Gasteiger partial charge on any atom is -0.470 e. The Morgan fingerprint density at radius 2 is 2.18 bits per heavy atom. The van der Waals surface area contributed by atoms with E-state index in [1.54, 1.807) is 18.6 Å². The van der Waals surface area contributed by atoms with Gasteiger partial charge in [0.1, 0.15) is 12.5 Å². The molecule has 0 bridgehead atoms. The number of hydrogen-bond acceptors (Lipinski definition) is 3. The molecule has 0 amide bonds. The summed E-state index contributed by atoms with van der Waals surface area (Å²) in [6.07, 6.45) is 8.16. The van der Waals surface area contributed by atoms with Gasteiger partial charge in [0.05, 0.1) is 10.7 Å². The normalized spacial score (nSPS) is 13.6. The van der Waals surface area contributed by atoms with Gasteiger partial charge in [0.15, 0.2) is 0 Å². The predicted octanol–water partition coefficient (Wildman–Crippen LogP) is 3.22. The molecule has 1 N–H and O–H groups in total. The summed E-state index contributed by atoms with van der Waals surface area (Å²) in [6, 6.07) is 8.47. The highest BCUT2D eigenvalue weighted by molar-refractivity contribution is 6.33. The highest BCUT2D eigenvalue weighted by Crippen LogP contribution is 2.19. The minimum atomic E-state index is 0.707. The first-order chi connectivity index (χ1) is 8.36. The van der Waals surface area contributed by atoms with Crippen molar-refractivity contribution in [3.8, 4) is 0 Å². The van der Waals surface area contributed by atoms with E-state index in [2.05, 4.69) is 16.3 Å². The summed E-state index contributed by atoms with van der Waals surface area (Å²) in [5.41, 5.74) is 0.957. The molecular weight excluding hydrogens is 236 g/mol. The molecule has 0 atom stereocenters. The van der Waals surface area contributed by atoms with Crippen molar-refractivity contribution < 1.29 is 4.74 Å². The van der Waals surface area contributed by atoms with Crippen molar-refractivity contribution in [1.82, 2.24) is 4.90 Å². The fourth-order valence-corrected chi connectivity index (χ4v) is 1.70. The number of ether oxygens (including phenoxy) is 1. The van der Waals surface area contributed by atoms with Gasteiger partial charge in [-0.25, -0.2) is 0 Å². The van der Waals surface area contributed by atoms with Crippen LogP contribution in [0.1, 0.15) is 6.42 Å². The predicted molar refractivity (Wildman–Crippen MR) is 69.5 cm³/mol. The van der Waals surface area contributed by atoms with E-state index in [4.69, 9.17) is 16.3 Å². The lowest BCUT2D eigenvalue weighted by Gasteiger charge is -2.17. The molecule has 0 spiro atoms. The Balaban J connectivity index is 1.69. The van der Waals surface area contributed by atoms with Gasteiger partial charge in [-0.05, 0) is 24.6 Å². The highest BCUT2D eigenvalue weighted by atomic mass is 35.5. The summed E-state index contributed by atoms with van der Waals surface area (Å²) >= 11 is 6.01. The van der Waals surface area contributed by atoms with E-state index in [9.17, 15) is 0 Å². The van der Waals surface area contributed by atoms with Crippen LogP contribution in [0.15, 0.2) is 43.1 Å². The lowest BCUT2D eigenvalue weighted by atomic mass is 10.3. The SMILES string of the molecule is Clc1c[c]ccc1NCCCN1C=COC=C1. The van der Waals surface area contributed by atoms with Crippen LogP contribution in [0, 0.1) is 6.07 Å². The summed E-state index contributed by atoms with van der Waals surface area (Å²) in [4.78, 5) is 2.07. The van der Waals surface area contributed by atoms with Crippen LogP contribution in [0.4, 0.5) is 5.69 Å². The molecule has 0 aromatic heterocycles. The molecule has 1 aliphatic heterocycles. The van der Waals surface area contributed by atoms with Gasteiger partial charge in [-0.1, -0.05) is 17.7 Å². The van der Waals surface area contributed by atoms with Crippen molar-refractivity contribution in [2.24, 2.45) is 0 Å². The molecule has 17 heavy (non-hydrogen) atoms. The van der Waals surface area contributed by atoms with Crippen LogP contribution in [-0.4, -0.2) is 18.0 Å². The van der Waals surface area contributed by atoms with E-state index in [1.807, 2.05) is 24.5 Å². The molecular formula is C13H14ClN2O. The maximum Gasteiger partial charge on any atom is 0.106 e.